The van der Waals surface area contributed by atoms with Crippen molar-refractivity contribution in [2.24, 2.45) is 5.73 Å². The molecule has 0 aliphatic rings. The lowest BCUT2D eigenvalue weighted by Gasteiger charge is -2.11. The Morgan fingerprint density at radius 2 is 2.14 bits per heavy atom. The van der Waals surface area contributed by atoms with E-state index in [1.54, 1.807) is 12.1 Å². The second kappa shape index (κ2) is 4.00. The Kier molecular flexibility index (Phi) is 3.16. The third-order valence-electron chi connectivity index (χ3n) is 1.79. The minimum Gasteiger partial charge on any atom is -0.328 e. The van der Waals surface area contributed by atoms with Gasteiger partial charge in [-0.3, -0.25) is 4.98 Å². The summed E-state index contributed by atoms with van der Waals surface area (Å²) in [7, 11) is 0. The lowest BCUT2D eigenvalue weighted by Crippen LogP contribution is -2.19. The molecule has 0 spiro atoms. The van der Waals surface area contributed by atoms with Crippen molar-refractivity contribution < 1.29 is 8.78 Å². The van der Waals surface area contributed by atoms with Crippen LogP contribution in [-0.4, -0.2) is 11.0 Å². The predicted molar refractivity (Wildman–Crippen MR) is 51.2 cm³/mol. The van der Waals surface area contributed by atoms with Crippen LogP contribution in [0.3, 0.4) is 0 Å². The number of rotatable bonds is 3. The summed E-state index contributed by atoms with van der Waals surface area (Å²) in [5.74, 6) is -2.88. The van der Waals surface area contributed by atoms with Crippen LogP contribution in [0.25, 0.3) is 0 Å². The average molecular weight is 200 g/mol. The van der Waals surface area contributed by atoms with Gasteiger partial charge in [-0.25, -0.2) is 0 Å². The van der Waals surface area contributed by atoms with Gasteiger partial charge in [-0.2, -0.15) is 8.78 Å². The fourth-order valence-electron chi connectivity index (χ4n) is 1.17. The zero-order valence-corrected chi connectivity index (χ0v) is 8.30. The van der Waals surface area contributed by atoms with Gasteiger partial charge in [0.05, 0.1) is 0 Å². The van der Waals surface area contributed by atoms with E-state index in [2.05, 4.69) is 4.98 Å². The van der Waals surface area contributed by atoms with Crippen LogP contribution in [0.15, 0.2) is 18.2 Å². The number of aromatic nitrogens is 1. The highest BCUT2D eigenvalue weighted by Gasteiger charge is 2.25. The van der Waals surface area contributed by atoms with Crippen LogP contribution in [0.1, 0.15) is 25.2 Å². The largest absolute Gasteiger partial charge is 0.328 e. The molecule has 2 N–H and O–H groups in total. The first-order chi connectivity index (χ1) is 6.39. The van der Waals surface area contributed by atoms with E-state index in [1.165, 1.54) is 6.07 Å². The third kappa shape index (κ3) is 3.03. The summed E-state index contributed by atoms with van der Waals surface area (Å²) in [6.07, 6.45) is 0.518. The summed E-state index contributed by atoms with van der Waals surface area (Å²) in [4.78, 5) is 3.85. The Hall–Kier alpha value is -1.03. The molecule has 14 heavy (non-hydrogen) atoms. The first-order valence-electron chi connectivity index (χ1n) is 4.49. The van der Waals surface area contributed by atoms with E-state index in [0.29, 0.717) is 12.1 Å². The number of hydrogen-bond donors (Lipinski definition) is 1. The van der Waals surface area contributed by atoms with Crippen molar-refractivity contribution in [1.82, 2.24) is 4.98 Å². The molecule has 0 amide bonds. The van der Waals surface area contributed by atoms with Gasteiger partial charge in [0, 0.05) is 25.1 Å². The highest BCUT2D eigenvalue weighted by Crippen LogP contribution is 2.24. The van der Waals surface area contributed by atoms with Crippen LogP contribution in [-0.2, 0) is 12.3 Å². The quantitative estimate of drug-likeness (QED) is 0.811. The van der Waals surface area contributed by atoms with Gasteiger partial charge >= 0.3 is 0 Å². The van der Waals surface area contributed by atoms with E-state index in [4.69, 9.17) is 5.73 Å². The first kappa shape index (κ1) is 11.0. The van der Waals surface area contributed by atoms with Crippen LogP contribution in [0, 0.1) is 0 Å². The molecule has 0 saturated heterocycles. The fourth-order valence-corrected chi connectivity index (χ4v) is 1.17. The first-order valence-corrected chi connectivity index (χ1v) is 4.49. The smallest absolute Gasteiger partial charge is 0.286 e. The van der Waals surface area contributed by atoms with Gasteiger partial charge in [0.15, 0.2) is 0 Å². The molecule has 0 aromatic carbocycles. The molecule has 0 aliphatic carbocycles. The summed E-state index contributed by atoms with van der Waals surface area (Å²) in [5.41, 5.74) is 5.97. The monoisotopic (exact) mass is 200 g/mol. The van der Waals surface area contributed by atoms with Crippen molar-refractivity contribution in [1.29, 1.82) is 0 Å². The topological polar surface area (TPSA) is 38.9 Å². The molecule has 0 fully saturated rings. The van der Waals surface area contributed by atoms with Crippen molar-refractivity contribution in [2.45, 2.75) is 32.2 Å². The summed E-state index contributed by atoms with van der Waals surface area (Å²) < 4.78 is 25.8. The van der Waals surface area contributed by atoms with Crippen LogP contribution < -0.4 is 5.73 Å². The van der Waals surface area contributed by atoms with Crippen molar-refractivity contribution in [3.05, 3.63) is 29.6 Å². The summed E-state index contributed by atoms with van der Waals surface area (Å²) >= 11 is 0. The van der Waals surface area contributed by atoms with Gasteiger partial charge in [-0.1, -0.05) is 6.07 Å². The molecule has 1 heterocycles. The van der Waals surface area contributed by atoms with Crippen LogP contribution in [0.4, 0.5) is 8.78 Å². The average Bonchev–Trinajstić information content (AvgIpc) is 2.01. The number of halogens is 2. The second-order valence-electron chi connectivity index (χ2n) is 3.58. The zero-order valence-electron chi connectivity index (χ0n) is 8.30. The van der Waals surface area contributed by atoms with Crippen LogP contribution in [0.2, 0.25) is 0 Å². The number of hydrogen-bond acceptors (Lipinski definition) is 2. The summed E-state index contributed by atoms with van der Waals surface area (Å²) in [6.45, 7) is 2.66. The van der Waals surface area contributed by atoms with Crippen LogP contribution >= 0.6 is 0 Å². The highest BCUT2D eigenvalue weighted by atomic mass is 19.3. The Bertz CT molecular complexity index is 305. The van der Waals surface area contributed by atoms with Crippen molar-refractivity contribution in [3.63, 3.8) is 0 Å². The van der Waals surface area contributed by atoms with E-state index in [9.17, 15) is 8.78 Å². The van der Waals surface area contributed by atoms with Gasteiger partial charge in [0.25, 0.3) is 5.92 Å². The van der Waals surface area contributed by atoms with E-state index < -0.39 is 5.92 Å². The van der Waals surface area contributed by atoms with Gasteiger partial charge < -0.3 is 5.73 Å². The molecular weight excluding hydrogens is 186 g/mol. The lowest BCUT2D eigenvalue weighted by molar-refractivity contribution is 0.0125. The van der Waals surface area contributed by atoms with E-state index >= 15 is 0 Å². The Balaban J connectivity index is 2.90. The normalized spacial score (nSPS) is 14.1. The molecule has 1 atom stereocenters. The van der Waals surface area contributed by atoms with Crippen molar-refractivity contribution >= 4 is 0 Å². The number of alkyl halides is 2. The van der Waals surface area contributed by atoms with Crippen molar-refractivity contribution in [2.75, 3.05) is 0 Å². The standard InChI is InChI=1S/C10H14F2N2/c1-7(13)6-8-4-3-5-9(14-8)10(2,11)12/h3-5,7H,6,13H2,1-2H3. The number of pyridine rings is 1. The van der Waals surface area contributed by atoms with Gasteiger partial charge in [0.2, 0.25) is 0 Å². The summed E-state index contributed by atoms with van der Waals surface area (Å²) in [6, 6.07) is 4.55. The summed E-state index contributed by atoms with van der Waals surface area (Å²) in [5, 5.41) is 0. The molecule has 1 rings (SSSR count). The molecule has 0 radical (unpaired) electrons. The Morgan fingerprint density at radius 1 is 1.50 bits per heavy atom. The van der Waals surface area contributed by atoms with Crippen LogP contribution in [0.5, 0.6) is 0 Å². The predicted octanol–water partition coefficient (Wildman–Crippen LogP) is 2.08. The van der Waals surface area contributed by atoms with Gasteiger partial charge in [-0.15, -0.1) is 0 Å². The molecule has 1 unspecified atom stereocenters. The molecule has 78 valence electrons. The molecule has 0 aliphatic heterocycles. The second-order valence-corrected chi connectivity index (χ2v) is 3.58. The maximum atomic E-state index is 12.9. The van der Waals surface area contributed by atoms with Gasteiger partial charge in [0.1, 0.15) is 5.69 Å². The van der Waals surface area contributed by atoms with E-state index in [1.807, 2.05) is 6.92 Å². The maximum absolute atomic E-state index is 12.9. The maximum Gasteiger partial charge on any atom is 0.286 e. The lowest BCUT2D eigenvalue weighted by atomic mass is 10.1. The zero-order chi connectivity index (χ0) is 10.8. The number of nitrogens with two attached hydrogens (primary N) is 1. The molecule has 2 nitrogen and oxygen atoms in total. The third-order valence-corrected chi connectivity index (χ3v) is 1.79. The minimum atomic E-state index is -2.88. The molecular formula is C10H14F2N2. The number of nitrogens with zero attached hydrogens (tertiary/aromatic N) is 1. The van der Waals surface area contributed by atoms with E-state index in [0.717, 1.165) is 6.92 Å². The SMILES string of the molecule is CC(N)Cc1cccc(C(C)(F)F)n1. The molecule has 1 aromatic heterocycles. The molecule has 1 aromatic rings. The Morgan fingerprint density at radius 3 is 2.64 bits per heavy atom. The van der Waals surface area contributed by atoms with E-state index in [-0.39, 0.29) is 11.7 Å². The molecule has 0 saturated carbocycles. The molecule has 0 bridgehead atoms. The molecule has 4 heteroatoms. The minimum absolute atomic E-state index is 0.0665. The Labute approximate surface area is 82.1 Å². The van der Waals surface area contributed by atoms with Crippen molar-refractivity contribution in [3.8, 4) is 0 Å². The fraction of sp³-hybridized carbons (Fsp3) is 0.500. The highest BCUT2D eigenvalue weighted by molar-refractivity contribution is 5.15. The van der Waals surface area contributed by atoms with Gasteiger partial charge in [-0.05, 0) is 19.1 Å².